The third-order valence-corrected chi connectivity index (χ3v) is 2.91. The van der Waals surface area contributed by atoms with E-state index in [9.17, 15) is 4.79 Å². The Morgan fingerprint density at radius 1 is 1.28 bits per heavy atom. The Bertz CT molecular complexity index is 515. The van der Waals surface area contributed by atoms with Crippen LogP contribution in [0.3, 0.4) is 0 Å². The number of hydrogen-bond acceptors (Lipinski definition) is 2. The second-order valence-electron chi connectivity index (χ2n) is 4.67. The van der Waals surface area contributed by atoms with Crippen LogP contribution in [0.1, 0.15) is 37.6 Å². The van der Waals surface area contributed by atoms with Crippen LogP contribution < -0.4 is 0 Å². The van der Waals surface area contributed by atoms with Gasteiger partial charge in [-0.25, -0.2) is 4.68 Å². The highest BCUT2D eigenvalue weighted by Crippen LogP contribution is 2.19. The Morgan fingerprint density at radius 2 is 2.00 bits per heavy atom. The largest absolute Gasteiger partial charge is 0.303 e. The Labute approximate surface area is 107 Å². The Morgan fingerprint density at radius 3 is 2.61 bits per heavy atom. The molecule has 3 nitrogen and oxygen atoms in total. The highest BCUT2D eigenvalue weighted by Gasteiger charge is 2.11. The number of para-hydroxylation sites is 1. The van der Waals surface area contributed by atoms with E-state index in [1.54, 1.807) is 0 Å². The van der Waals surface area contributed by atoms with Crippen LogP contribution in [0, 0.1) is 0 Å². The van der Waals surface area contributed by atoms with E-state index in [1.807, 2.05) is 35.0 Å². The van der Waals surface area contributed by atoms with Gasteiger partial charge in [0, 0.05) is 12.1 Å². The second-order valence-corrected chi connectivity index (χ2v) is 4.67. The fourth-order valence-corrected chi connectivity index (χ4v) is 1.90. The van der Waals surface area contributed by atoms with Crippen molar-refractivity contribution in [3.63, 3.8) is 0 Å². The molecule has 0 radical (unpaired) electrons. The molecular formula is C15H18N2O. The van der Waals surface area contributed by atoms with Gasteiger partial charge in [-0.15, -0.1) is 0 Å². The van der Waals surface area contributed by atoms with Gasteiger partial charge in [0.05, 0.1) is 11.4 Å². The molecule has 0 aliphatic rings. The minimum Gasteiger partial charge on any atom is -0.303 e. The quantitative estimate of drug-likeness (QED) is 0.755. The Hall–Kier alpha value is -1.90. The normalized spacial score (nSPS) is 10.8. The van der Waals surface area contributed by atoms with Crippen LogP contribution in [0.25, 0.3) is 5.69 Å². The van der Waals surface area contributed by atoms with Gasteiger partial charge in [0.1, 0.15) is 6.29 Å². The lowest BCUT2D eigenvalue weighted by Crippen LogP contribution is -2.02. The molecule has 0 atom stereocenters. The topological polar surface area (TPSA) is 34.9 Å². The van der Waals surface area contributed by atoms with Crippen LogP contribution in [0.4, 0.5) is 0 Å². The third-order valence-electron chi connectivity index (χ3n) is 2.91. The van der Waals surface area contributed by atoms with Gasteiger partial charge in [0.2, 0.25) is 0 Å². The van der Waals surface area contributed by atoms with Gasteiger partial charge < -0.3 is 4.79 Å². The number of carbonyl (C=O) groups excluding carboxylic acids is 1. The van der Waals surface area contributed by atoms with Gasteiger partial charge in [-0.1, -0.05) is 32.0 Å². The lowest BCUT2D eigenvalue weighted by molar-refractivity contribution is -0.107. The molecule has 0 bridgehead atoms. The molecule has 0 N–H and O–H groups in total. The molecule has 2 aromatic rings. The van der Waals surface area contributed by atoms with Crippen molar-refractivity contribution in [3.8, 4) is 5.69 Å². The van der Waals surface area contributed by atoms with E-state index in [0.717, 1.165) is 29.8 Å². The van der Waals surface area contributed by atoms with Crippen LogP contribution in [-0.2, 0) is 11.2 Å². The summed E-state index contributed by atoms with van der Waals surface area (Å²) in [7, 11) is 0. The highest BCUT2D eigenvalue weighted by molar-refractivity contribution is 5.50. The minimum absolute atomic E-state index is 0.393. The van der Waals surface area contributed by atoms with Gasteiger partial charge in [0.25, 0.3) is 0 Å². The molecule has 0 aliphatic heterocycles. The first-order valence-corrected chi connectivity index (χ1v) is 6.30. The fraction of sp³-hybridized carbons (Fsp3) is 0.333. The molecule has 2 rings (SSSR count). The van der Waals surface area contributed by atoms with Crippen LogP contribution in [0.5, 0.6) is 0 Å². The molecule has 18 heavy (non-hydrogen) atoms. The van der Waals surface area contributed by atoms with Gasteiger partial charge >= 0.3 is 0 Å². The van der Waals surface area contributed by atoms with Crippen LogP contribution in [0.2, 0.25) is 0 Å². The van der Waals surface area contributed by atoms with E-state index in [0.29, 0.717) is 12.3 Å². The van der Waals surface area contributed by atoms with E-state index < -0.39 is 0 Å². The smallest absolute Gasteiger partial charge is 0.120 e. The predicted octanol–water partition coefficient (Wildman–Crippen LogP) is 3.13. The van der Waals surface area contributed by atoms with Crippen molar-refractivity contribution >= 4 is 6.29 Å². The summed E-state index contributed by atoms with van der Waals surface area (Å²) in [5, 5.41) is 4.63. The molecule has 0 saturated heterocycles. The SMILES string of the molecule is CC(C)c1cc(CCC=O)n(-c2ccccc2)n1. The molecule has 1 aromatic carbocycles. The summed E-state index contributed by atoms with van der Waals surface area (Å²) in [6.45, 7) is 4.25. The number of rotatable bonds is 5. The Kier molecular flexibility index (Phi) is 3.92. The molecule has 0 amide bonds. The summed E-state index contributed by atoms with van der Waals surface area (Å²) in [6.07, 6.45) is 2.23. The first-order valence-electron chi connectivity index (χ1n) is 6.30. The average Bonchev–Trinajstić information content (AvgIpc) is 2.81. The van der Waals surface area contributed by atoms with Crippen LogP contribution in [-0.4, -0.2) is 16.1 Å². The van der Waals surface area contributed by atoms with Crippen molar-refractivity contribution in [1.82, 2.24) is 9.78 Å². The maximum Gasteiger partial charge on any atom is 0.120 e. The zero-order valence-electron chi connectivity index (χ0n) is 10.8. The first-order chi connectivity index (χ1) is 8.72. The molecule has 0 unspecified atom stereocenters. The molecule has 0 saturated carbocycles. The van der Waals surface area contributed by atoms with Gasteiger partial charge in [-0.2, -0.15) is 5.10 Å². The molecule has 0 spiro atoms. The summed E-state index contributed by atoms with van der Waals surface area (Å²) in [5.74, 6) is 0.393. The van der Waals surface area contributed by atoms with Gasteiger partial charge in [-0.05, 0) is 30.5 Å². The Balaban J connectivity index is 2.40. The zero-order valence-corrected chi connectivity index (χ0v) is 10.8. The predicted molar refractivity (Wildman–Crippen MR) is 72.0 cm³/mol. The molecule has 94 valence electrons. The summed E-state index contributed by atoms with van der Waals surface area (Å²) < 4.78 is 1.94. The van der Waals surface area contributed by atoms with Crippen molar-refractivity contribution in [2.45, 2.75) is 32.6 Å². The number of aryl methyl sites for hydroxylation is 1. The highest BCUT2D eigenvalue weighted by atomic mass is 16.1. The van der Waals surface area contributed by atoms with E-state index >= 15 is 0 Å². The maximum absolute atomic E-state index is 10.5. The fourth-order valence-electron chi connectivity index (χ4n) is 1.90. The summed E-state index contributed by atoms with van der Waals surface area (Å²) in [6, 6.07) is 12.1. The van der Waals surface area contributed by atoms with Crippen molar-refractivity contribution < 1.29 is 4.79 Å². The number of carbonyl (C=O) groups is 1. The summed E-state index contributed by atoms with van der Waals surface area (Å²) in [5.41, 5.74) is 3.21. The number of aldehydes is 1. The lowest BCUT2D eigenvalue weighted by atomic mass is 10.1. The van der Waals surface area contributed by atoms with E-state index in [1.165, 1.54) is 0 Å². The average molecular weight is 242 g/mol. The van der Waals surface area contributed by atoms with Crippen molar-refractivity contribution in [1.29, 1.82) is 0 Å². The van der Waals surface area contributed by atoms with Crippen LogP contribution >= 0.6 is 0 Å². The monoisotopic (exact) mass is 242 g/mol. The second kappa shape index (κ2) is 5.63. The van der Waals surface area contributed by atoms with Crippen molar-refractivity contribution in [2.75, 3.05) is 0 Å². The summed E-state index contributed by atoms with van der Waals surface area (Å²) in [4.78, 5) is 10.5. The lowest BCUT2D eigenvalue weighted by Gasteiger charge is -2.05. The van der Waals surface area contributed by atoms with Gasteiger partial charge in [-0.3, -0.25) is 0 Å². The van der Waals surface area contributed by atoms with Gasteiger partial charge in [0.15, 0.2) is 0 Å². The number of nitrogens with zero attached hydrogens (tertiary/aromatic N) is 2. The molecule has 1 aromatic heterocycles. The molecule has 0 aliphatic carbocycles. The standard InChI is InChI=1S/C15H18N2O/c1-12(2)15-11-14(9-6-10-18)17(16-15)13-7-4-3-5-8-13/h3-5,7-8,10-12H,6,9H2,1-2H3. The van der Waals surface area contributed by atoms with E-state index in [-0.39, 0.29) is 0 Å². The van der Waals surface area contributed by atoms with Crippen molar-refractivity contribution in [3.05, 3.63) is 47.8 Å². The molecule has 0 fully saturated rings. The van der Waals surface area contributed by atoms with Crippen molar-refractivity contribution in [2.24, 2.45) is 0 Å². The van der Waals surface area contributed by atoms with E-state index in [4.69, 9.17) is 0 Å². The third kappa shape index (κ3) is 2.67. The maximum atomic E-state index is 10.5. The van der Waals surface area contributed by atoms with E-state index in [2.05, 4.69) is 25.0 Å². The minimum atomic E-state index is 0.393. The zero-order chi connectivity index (χ0) is 13.0. The number of hydrogen-bond donors (Lipinski definition) is 0. The molecular weight excluding hydrogens is 224 g/mol. The number of aromatic nitrogens is 2. The molecule has 1 heterocycles. The first kappa shape index (κ1) is 12.6. The summed E-state index contributed by atoms with van der Waals surface area (Å²) >= 11 is 0. The molecule has 3 heteroatoms. The van der Waals surface area contributed by atoms with Crippen LogP contribution in [0.15, 0.2) is 36.4 Å². The number of benzene rings is 1.